The molecule has 0 radical (unpaired) electrons. The summed E-state index contributed by atoms with van der Waals surface area (Å²) in [5, 5.41) is 17.0. The fourth-order valence-corrected chi connectivity index (χ4v) is 10.6. The number of anilines is 3. The third-order valence-corrected chi connectivity index (χ3v) is 13.9. The molecule has 5 fully saturated rings. The Bertz CT molecular complexity index is 2460. The number of imide groups is 2. The summed E-state index contributed by atoms with van der Waals surface area (Å²) in [6, 6.07) is 6.09. The maximum absolute atomic E-state index is 14.3. The zero-order chi connectivity index (χ0) is 42.9. The Morgan fingerprint density at radius 2 is 1.87 bits per heavy atom. The molecule has 3 atom stereocenters. The Hall–Kier alpha value is -5.82. The number of nitrogens with zero attached hydrogens (tertiary/aromatic N) is 8. The van der Waals surface area contributed by atoms with Crippen LogP contribution in [0.2, 0.25) is 0 Å². The summed E-state index contributed by atoms with van der Waals surface area (Å²) in [5.74, 6) is -1.58. The summed E-state index contributed by atoms with van der Waals surface area (Å²) < 4.78 is 37.5. The van der Waals surface area contributed by atoms with Gasteiger partial charge in [0.15, 0.2) is 11.3 Å². The van der Waals surface area contributed by atoms with Crippen molar-refractivity contribution in [2.75, 3.05) is 55.4 Å². The number of piperidine rings is 1. The van der Waals surface area contributed by atoms with Crippen molar-refractivity contribution < 1.29 is 37.5 Å². The van der Waals surface area contributed by atoms with Gasteiger partial charge in [0.25, 0.3) is 24.1 Å². The molecule has 4 aromatic rings. The van der Waals surface area contributed by atoms with Gasteiger partial charge in [0.2, 0.25) is 11.8 Å². The number of nitrogens with one attached hydrogen (secondary N) is 3. The zero-order valence-corrected chi connectivity index (χ0v) is 34.4. The van der Waals surface area contributed by atoms with E-state index in [0.29, 0.717) is 30.4 Å². The van der Waals surface area contributed by atoms with Gasteiger partial charge in [-0.05, 0) is 82.5 Å². The van der Waals surface area contributed by atoms with Crippen molar-refractivity contribution in [2.24, 2.45) is 11.3 Å². The van der Waals surface area contributed by atoms with Crippen molar-refractivity contribution in [1.82, 2.24) is 39.5 Å². The summed E-state index contributed by atoms with van der Waals surface area (Å²) >= 11 is 0. The average Bonchev–Trinajstić information content (AvgIpc) is 4.09. The summed E-state index contributed by atoms with van der Waals surface area (Å²) in [6.07, 6.45) is 9.45. The van der Waals surface area contributed by atoms with Gasteiger partial charge >= 0.3 is 0 Å². The fourth-order valence-electron chi connectivity index (χ4n) is 10.6. The van der Waals surface area contributed by atoms with Crippen LogP contribution in [0, 0.1) is 11.3 Å². The lowest BCUT2D eigenvalue weighted by Gasteiger charge is -2.45. The highest BCUT2D eigenvalue weighted by molar-refractivity contribution is 6.25. The Morgan fingerprint density at radius 3 is 2.58 bits per heavy atom. The van der Waals surface area contributed by atoms with Gasteiger partial charge in [-0.3, -0.25) is 38.9 Å². The van der Waals surface area contributed by atoms with Crippen LogP contribution >= 0.6 is 0 Å². The van der Waals surface area contributed by atoms with E-state index >= 15 is 0 Å². The zero-order valence-electron chi connectivity index (χ0n) is 34.4. The molecule has 3 aromatic heterocycles. The third kappa shape index (κ3) is 7.27. The Morgan fingerprint density at radius 1 is 1.05 bits per heavy atom. The number of fused-ring (bicyclic) bond motifs is 4. The van der Waals surface area contributed by atoms with Crippen molar-refractivity contribution in [2.45, 2.75) is 94.9 Å². The van der Waals surface area contributed by atoms with E-state index < -0.39 is 47.7 Å². The van der Waals surface area contributed by atoms with E-state index in [1.54, 1.807) is 29.1 Å². The molecule has 3 N–H and O–H groups in total. The van der Waals surface area contributed by atoms with Crippen molar-refractivity contribution in [3.8, 4) is 0 Å². The van der Waals surface area contributed by atoms with E-state index in [9.17, 15) is 32.8 Å². The standard InChI is InChI=1S/C43H49F2N11O6/c1-52(23-43(13-3-14-43)22-46-30-5-2-4-28-35(30)42(61)56(41(28)60)32-10-11-34(57)50-40(32)59)18-24-6-8-25(9-7-24)55-20-31(36(51-55)37(44)45)48-39(58)29-17-47-54-15-12-33(49-38(29)54)53-19-27-16-26(53)21-62-27/h2,4-5,12,15,17,20,24-27,32,37,46H,3,6-11,13-14,16,18-19,21-23H2,1H3,(H,48,58)(H,50,57,59)/t24-,25-,26-,27-,32?/m1/s1. The normalized spacial score (nSPS) is 25.5. The second-order valence-electron chi connectivity index (χ2n) is 18.0. The number of alkyl halides is 2. The lowest BCUT2D eigenvalue weighted by atomic mass is 9.68. The SMILES string of the molecule is CN(CC1(CNc2cccc3c2C(=O)N(C2CCC(=O)NC2=O)C3=O)CCC1)C[C@H]1CC[C@H](n2cc(NC(=O)c3cnn4ccc(N5C[C@H]6C[C@@H]5CO6)nc34)c(C(F)F)n2)CC1. The highest BCUT2D eigenvalue weighted by atomic mass is 19.3. The summed E-state index contributed by atoms with van der Waals surface area (Å²) in [6.45, 7) is 3.67. The smallest absolute Gasteiger partial charge is 0.284 e. The number of ether oxygens (including phenoxy) is 1. The Kier molecular flexibility index (Phi) is 10.3. The number of morpholine rings is 1. The molecule has 2 saturated carbocycles. The second-order valence-corrected chi connectivity index (χ2v) is 18.0. The van der Waals surface area contributed by atoms with E-state index in [1.165, 1.54) is 16.9 Å². The summed E-state index contributed by atoms with van der Waals surface area (Å²) in [7, 11) is 2.12. The molecule has 0 spiro atoms. The van der Waals surface area contributed by atoms with Crippen LogP contribution in [0.4, 0.5) is 26.0 Å². The number of carbonyl (C=O) groups is 5. The van der Waals surface area contributed by atoms with Crippen LogP contribution in [-0.4, -0.2) is 122 Å². The molecule has 19 heteroatoms. The molecule has 6 aliphatic rings. The Balaban J connectivity index is 0.742. The van der Waals surface area contributed by atoms with Gasteiger partial charge < -0.3 is 25.2 Å². The molecule has 17 nitrogen and oxygen atoms in total. The number of hydrogen-bond donors (Lipinski definition) is 3. The van der Waals surface area contributed by atoms with Gasteiger partial charge in [0.05, 0.1) is 47.8 Å². The third-order valence-electron chi connectivity index (χ3n) is 13.9. The lowest BCUT2D eigenvalue weighted by molar-refractivity contribution is -0.136. The topological polar surface area (TPSA) is 188 Å². The molecule has 1 unspecified atom stereocenters. The van der Waals surface area contributed by atoms with Gasteiger partial charge in [0.1, 0.15) is 17.4 Å². The van der Waals surface area contributed by atoms with Crippen LogP contribution < -0.4 is 20.9 Å². The quantitative estimate of drug-likeness (QED) is 0.161. The van der Waals surface area contributed by atoms with Crippen molar-refractivity contribution in [3.05, 3.63) is 65.2 Å². The molecule has 3 saturated heterocycles. The van der Waals surface area contributed by atoms with E-state index in [-0.39, 0.29) is 58.8 Å². The van der Waals surface area contributed by atoms with Crippen LogP contribution in [0.5, 0.6) is 0 Å². The molecule has 1 aromatic carbocycles. The first-order chi connectivity index (χ1) is 29.9. The van der Waals surface area contributed by atoms with E-state index in [4.69, 9.17) is 9.72 Å². The van der Waals surface area contributed by atoms with Gasteiger partial charge in [-0.15, -0.1) is 0 Å². The molecule has 5 amide bonds. The van der Waals surface area contributed by atoms with Crippen LogP contribution in [0.1, 0.15) is 113 Å². The monoisotopic (exact) mass is 853 g/mol. The first-order valence-corrected chi connectivity index (χ1v) is 21.6. The van der Waals surface area contributed by atoms with E-state index in [1.807, 2.05) is 6.07 Å². The minimum absolute atomic E-state index is 0.0289. The second kappa shape index (κ2) is 15.8. The molecular weight excluding hydrogens is 805 g/mol. The minimum Gasteiger partial charge on any atom is -0.384 e. The van der Waals surface area contributed by atoms with E-state index in [2.05, 4.69) is 43.0 Å². The number of benzene rings is 1. The van der Waals surface area contributed by atoms with Crippen molar-refractivity contribution in [1.29, 1.82) is 0 Å². The number of halogens is 2. The first-order valence-electron chi connectivity index (χ1n) is 21.6. The largest absolute Gasteiger partial charge is 0.384 e. The molecular formula is C43H49F2N11O6. The molecule has 4 aliphatic heterocycles. The number of carbonyl (C=O) groups excluding carboxylic acids is 5. The molecule has 2 aliphatic carbocycles. The summed E-state index contributed by atoms with van der Waals surface area (Å²) in [5.41, 5.74) is 1.05. The predicted molar refractivity (Wildman–Crippen MR) is 220 cm³/mol. The molecule has 326 valence electrons. The van der Waals surface area contributed by atoms with Crippen LogP contribution in [0.3, 0.4) is 0 Å². The van der Waals surface area contributed by atoms with Gasteiger partial charge in [-0.25, -0.2) is 18.3 Å². The maximum atomic E-state index is 14.3. The predicted octanol–water partition coefficient (Wildman–Crippen LogP) is 4.44. The number of hydrogen-bond acceptors (Lipinski definition) is 12. The van der Waals surface area contributed by atoms with Gasteiger partial charge in [0, 0.05) is 56.1 Å². The number of amides is 5. The molecule has 2 bridgehead atoms. The van der Waals surface area contributed by atoms with Gasteiger partial charge in [-0.1, -0.05) is 12.5 Å². The molecule has 7 heterocycles. The maximum Gasteiger partial charge on any atom is 0.284 e. The van der Waals surface area contributed by atoms with Gasteiger partial charge in [-0.2, -0.15) is 10.2 Å². The Labute approximate surface area is 355 Å². The first kappa shape index (κ1) is 40.3. The lowest BCUT2D eigenvalue weighted by Crippen LogP contribution is -2.54. The van der Waals surface area contributed by atoms with Crippen LogP contribution in [0.25, 0.3) is 5.65 Å². The minimum atomic E-state index is -2.88. The summed E-state index contributed by atoms with van der Waals surface area (Å²) in [4.78, 5) is 75.1. The highest BCUT2D eigenvalue weighted by Crippen LogP contribution is 2.43. The van der Waals surface area contributed by atoms with E-state index in [0.717, 1.165) is 81.7 Å². The van der Waals surface area contributed by atoms with Crippen molar-refractivity contribution >= 4 is 52.4 Å². The average molecular weight is 854 g/mol. The molecule has 10 rings (SSSR count). The number of aromatic nitrogens is 5. The molecule has 62 heavy (non-hydrogen) atoms. The van der Waals surface area contributed by atoms with Crippen LogP contribution in [-0.2, 0) is 14.3 Å². The highest BCUT2D eigenvalue weighted by Gasteiger charge is 2.46. The fraction of sp³-hybridized carbons (Fsp3) is 0.535. The number of rotatable bonds is 13. The van der Waals surface area contributed by atoms with Crippen molar-refractivity contribution in [3.63, 3.8) is 0 Å². The van der Waals surface area contributed by atoms with Crippen LogP contribution in [0.15, 0.2) is 42.9 Å².